The number of carbonyl (C=O) groups is 1. The molecule has 0 spiro atoms. The summed E-state index contributed by atoms with van der Waals surface area (Å²) in [7, 11) is 0. The molecular formula is C14H28N2O2. The average Bonchev–Trinajstić information content (AvgIpc) is 2.27. The molecule has 0 aromatic carbocycles. The number of aliphatic carboxylic acids is 1. The number of piperidine rings is 1. The number of hydrogen-bond donors (Lipinski definition) is 2. The summed E-state index contributed by atoms with van der Waals surface area (Å²) >= 11 is 0. The fraction of sp³-hybridized carbons (Fsp3) is 0.929. The average molecular weight is 256 g/mol. The second kappa shape index (κ2) is 6.53. The molecular weight excluding hydrogens is 228 g/mol. The third-order valence-electron chi connectivity index (χ3n) is 3.92. The smallest absolute Gasteiger partial charge is 0.323 e. The molecule has 0 saturated carbocycles. The zero-order chi connectivity index (χ0) is 13.8. The van der Waals surface area contributed by atoms with Gasteiger partial charge in [0.25, 0.3) is 0 Å². The molecule has 0 aliphatic carbocycles. The Bertz CT molecular complexity index is 281. The third kappa shape index (κ3) is 4.25. The van der Waals surface area contributed by atoms with E-state index < -0.39 is 11.5 Å². The van der Waals surface area contributed by atoms with E-state index >= 15 is 0 Å². The van der Waals surface area contributed by atoms with E-state index in [2.05, 4.69) is 17.1 Å². The van der Waals surface area contributed by atoms with Gasteiger partial charge < -0.3 is 10.0 Å². The zero-order valence-electron chi connectivity index (χ0n) is 12.2. The summed E-state index contributed by atoms with van der Waals surface area (Å²) < 4.78 is 0. The van der Waals surface area contributed by atoms with Crippen molar-refractivity contribution in [3.63, 3.8) is 0 Å². The van der Waals surface area contributed by atoms with E-state index in [9.17, 15) is 9.90 Å². The van der Waals surface area contributed by atoms with Crippen LogP contribution < -0.4 is 5.32 Å². The Kier molecular flexibility index (Phi) is 5.60. The van der Waals surface area contributed by atoms with E-state index in [-0.39, 0.29) is 6.04 Å². The van der Waals surface area contributed by atoms with Crippen LogP contribution in [0.2, 0.25) is 0 Å². The Labute approximate surface area is 111 Å². The van der Waals surface area contributed by atoms with Crippen LogP contribution in [0.25, 0.3) is 0 Å². The van der Waals surface area contributed by atoms with Gasteiger partial charge in [0.1, 0.15) is 5.54 Å². The summed E-state index contributed by atoms with van der Waals surface area (Å²) in [5.41, 5.74) is -0.814. The SMILES string of the molecule is CC(C)NC(C)(CCN1CCCCC1C)C(=O)O. The van der Waals surface area contributed by atoms with Gasteiger partial charge in [-0.1, -0.05) is 6.42 Å². The molecule has 18 heavy (non-hydrogen) atoms. The van der Waals surface area contributed by atoms with E-state index in [4.69, 9.17) is 0 Å². The zero-order valence-corrected chi connectivity index (χ0v) is 12.2. The predicted octanol–water partition coefficient (Wildman–Crippen LogP) is 2.09. The lowest BCUT2D eigenvalue weighted by molar-refractivity contribution is -0.145. The predicted molar refractivity (Wildman–Crippen MR) is 73.8 cm³/mol. The molecule has 0 radical (unpaired) electrons. The molecule has 0 bridgehead atoms. The number of rotatable bonds is 6. The number of carboxylic acids is 1. The molecule has 0 aromatic heterocycles. The van der Waals surface area contributed by atoms with Crippen LogP contribution >= 0.6 is 0 Å². The third-order valence-corrected chi connectivity index (χ3v) is 3.92. The van der Waals surface area contributed by atoms with Crippen LogP contribution in [-0.2, 0) is 4.79 Å². The second-order valence-electron chi connectivity index (χ2n) is 6.07. The second-order valence-corrected chi connectivity index (χ2v) is 6.07. The number of likely N-dealkylation sites (tertiary alicyclic amines) is 1. The molecule has 0 amide bonds. The summed E-state index contributed by atoms with van der Waals surface area (Å²) in [4.78, 5) is 13.9. The molecule has 2 atom stereocenters. The van der Waals surface area contributed by atoms with Crippen molar-refractivity contribution in [3.8, 4) is 0 Å². The number of nitrogens with one attached hydrogen (secondary N) is 1. The van der Waals surface area contributed by atoms with Gasteiger partial charge in [0.2, 0.25) is 0 Å². The number of hydrogen-bond acceptors (Lipinski definition) is 3. The van der Waals surface area contributed by atoms with Crippen molar-refractivity contribution in [2.24, 2.45) is 0 Å². The van der Waals surface area contributed by atoms with E-state index in [0.717, 1.165) is 13.1 Å². The van der Waals surface area contributed by atoms with Gasteiger partial charge in [0.15, 0.2) is 0 Å². The summed E-state index contributed by atoms with van der Waals surface area (Å²) in [6.45, 7) is 9.99. The first kappa shape index (κ1) is 15.4. The van der Waals surface area contributed by atoms with Crippen molar-refractivity contribution >= 4 is 5.97 Å². The number of carboxylic acid groups (broad SMARTS) is 1. The minimum absolute atomic E-state index is 0.185. The first-order chi connectivity index (χ1) is 8.35. The lowest BCUT2D eigenvalue weighted by atomic mass is 9.95. The van der Waals surface area contributed by atoms with Crippen LogP contribution in [0, 0.1) is 0 Å². The lowest BCUT2D eigenvalue weighted by Crippen LogP contribution is -2.54. The molecule has 4 nitrogen and oxygen atoms in total. The van der Waals surface area contributed by atoms with E-state index in [0.29, 0.717) is 12.5 Å². The first-order valence-electron chi connectivity index (χ1n) is 7.10. The maximum absolute atomic E-state index is 11.4. The normalized spacial score (nSPS) is 25.1. The van der Waals surface area contributed by atoms with Crippen LogP contribution in [0.4, 0.5) is 0 Å². The molecule has 2 unspecified atom stereocenters. The summed E-state index contributed by atoms with van der Waals surface area (Å²) in [5, 5.41) is 12.6. The molecule has 106 valence electrons. The topological polar surface area (TPSA) is 52.6 Å². The Balaban J connectivity index is 2.53. The van der Waals surface area contributed by atoms with Crippen molar-refractivity contribution in [2.75, 3.05) is 13.1 Å². The van der Waals surface area contributed by atoms with Gasteiger partial charge in [-0.25, -0.2) is 0 Å². The van der Waals surface area contributed by atoms with Crippen LogP contribution in [0.3, 0.4) is 0 Å². The molecule has 0 aromatic rings. The largest absolute Gasteiger partial charge is 0.480 e. The molecule has 1 aliphatic heterocycles. The fourth-order valence-electron chi connectivity index (χ4n) is 2.73. The van der Waals surface area contributed by atoms with Gasteiger partial charge in [-0.3, -0.25) is 10.1 Å². The van der Waals surface area contributed by atoms with Crippen LogP contribution in [0.5, 0.6) is 0 Å². The minimum atomic E-state index is -0.814. The van der Waals surface area contributed by atoms with Crippen LogP contribution in [0.15, 0.2) is 0 Å². The highest BCUT2D eigenvalue weighted by Gasteiger charge is 2.34. The minimum Gasteiger partial charge on any atom is -0.480 e. The molecule has 1 aliphatic rings. The van der Waals surface area contributed by atoms with Crippen molar-refractivity contribution < 1.29 is 9.90 Å². The van der Waals surface area contributed by atoms with Gasteiger partial charge in [0.05, 0.1) is 0 Å². The van der Waals surface area contributed by atoms with E-state index in [1.807, 2.05) is 13.8 Å². The fourth-order valence-corrected chi connectivity index (χ4v) is 2.73. The Morgan fingerprint density at radius 2 is 2.17 bits per heavy atom. The monoisotopic (exact) mass is 256 g/mol. The Morgan fingerprint density at radius 1 is 1.50 bits per heavy atom. The highest BCUT2D eigenvalue weighted by molar-refractivity contribution is 5.78. The van der Waals surface area contributed by atoms with Crippen molar-refractivity contribution in [2.45, 2.75) is 71.0 Å². The molecule has 1 saturated heterocycles. The van der Waals surface area contributed by atoms with Crippen LogP contribution in [-0.4, -0.2) is 46.7 Å². The van der Waals surface area contributed by atoms with Crippen molar-refractivity contribution in [3.05, 3.63) is 0 Å². The van der Waals surface area contributed by atoms with Gasteiger partial charge in [-0.15, -0.1) is 0 Å². The first-order valence-corrected chi connectivity index (χ1v) is 7.10. The van der Waals surface area contributed by atoms with Gasteiger partial charge in [0, 0.05) is 18.6 Å². The summed E-state index contributed by atoms with van der Waals surface area (Å²) in [5.74, 6) is -0.749. The highest BCUT2D eigenvalue weighted by Crippen LogP contribution is 2.19. The maximum Gasteiger partial charge on any atom is 0.323 e. The quantitative estimate of drug-likeness (QED) is 0.764. The summed E-state index contributed by atoms with van der Waals surface area (Å²) in [6.07, 6.45) is 4.44. The van der Waals surface area contributed by atoms with Crippen molar-refractivity contribution in [1.29, 1.82) is 0 Å². The van der Waals surface area contributed by atoms with E-state index in [1.54, 1.807) is 6.92 Å². The molecule has 1 fully saturated rings. The van der Waals surface area contributed by atoms with E-state index in [1.165, 1.54) is 19.3 Å². The Morgan fingerprint density at radius 3 is 2.67 bits per heavy atom. The molecule has 1 heterocycles. The van der Waals surface area contributed by atoms with Crippen molar-refractivity contribution in [1.82, 2.24) is 10.2 Å². The highest BCUT2D eigenvalue weighted by atomic mass is 16.4. The number of nitrogens with zero attached hydrogens (tertiary/aromatic N) is 1. The van der Waals surface area contributed by atoms with Gasteiger partial charge >= 0.3 is 5.97 Å². The standard InChI is InChI=1S/C14H28N2O2/c1-11(2)15-14(4,13(17)18)8-10-16-9-6-5-7-12(16)3/h11-12,15H,5-10H2,1-4H3,(H,17,18). The lowest BCUT2D eigenvalue weighted by Gasteiger charge is -2.36. The van der Waals surface area contributed by atoms with Crippen LogP contribution in [0.1, 0.15) is 53.4 Å². The maximum atomic E-state index is 11.4. The Hall–Kier alpha value is -0.610. The summed E-state index contributed by atoms with van der Waals surface area (Å²) in [6, 6.07) is 0.778. The van der Waals surface area contributed by atoms with Gasteiger partial charge in [-0.05, 0) is 53.5 Å². The molecule has 2 N–H and O–H groups in total. The molecule has 4 heteroatoms. The molecule has 1 rings (SSSR count). The van der Waals surface area contributed by atoms with Gasteiger partial charge in [-0.2, -0.15) is 0 Å².